The van der Waals surface area contributed by atoms with Crippen LogP contribution in [0.3, 0.4) is 0 Å². The summed E-state index contributed by atoms with van der Waals surface area (Å²) in [7, 11) is 0. The fraction of sp³-hybridized carbons (Fsp3) is 0. The van der Waals surface area contributed by atoms with Crippen molar-refractivity contribution in [3.63, 3.8) is 0 Å². The summed E-state index contributed by atoms with van der Waals surface area (Å²) in [5.74, 6) is 0. The Bertz CT molecular complexity index is 3.61. The Balaban J connectivity index is 0. The average Bonchev–Trinajstić information content (AvgIpc) is 0. The first-order valence-corrected chi connectivity index (χ1v) is 0. The van der Waals surface area contributed by atoms with Gasteiger partial charge in [0.15, 0.2) is 0 Å². The summed E-state index contributed by atoms with van der Waals surface area (Å²) in [5.41, 5.74) is 0. The zero-order chi connectivity index (χ0) is 0. The molecule has 0 aliphatic carbocycles. The van der Waals surface area contributed by atoms with Gasteiger partial charge in [-0.1, -0.05) is 0 Å². The van der Waals surface area contributed by atoms with E-state index in [1.807, 2.05) is 0 Å². The van der Waals surface area contributed by atoms with Crippen molar-refractivity contribution >= 4 is 0 Å². The third kappa shape index (κ3) is 67.0. The Morgan fingerprint density at radius 1 is 0.400 bits per heavy atom. The SMILES string of the molecule is O.O.O.O.[Zr+2]. The molecule has 0 radical (unpaired) electrons. The van der Waals surface area contributed by atoms with Crippen LogP contribution in [0, 0.1) is 0 Å². The molecule has 0 saturated carbocycles. The van der Waals surface area contributed by atoms with Gasteiger partial charge in [-0.15, -0.1) is 0 Å². The zero-order valence-corrected chi connectivity index (χ0v) is 4.96. The van der Waals surface area contributed by atoms with Gasteiger partial charge in [0.2, 0.25) is 0 Å². The van der Waals surface area contributed by atoms with Crippen LogP contribution in [0.1, 0.15) is 0 Å². The molecule has 0 aliphatic rings. The summed E-state index contributed by atoms with van der Waals surface area (Å²) in [6.07, 6.45) is 0. The van der Waals surface area contributed by atoms with E-state index in [9.17, 15) is 0 Å². The van der Waals surface area contributed by atoms with Crippen molar-refractivity contribution < 1.29 is 48.1 Å². The Labute approximate surface area is 48.5 Å². The molecule has 0 aliphatic heterocycles. The molecule has 0 spiro atoms. The first-order valence-electron chi connectivity index (χ1n) is 0. The monoisotopic (exact) mass is 162 g/mol. The summed E-state index contributed by atoms with van der Waals surface area (Å²) < 4.78 is 0. The molecule has 0 aromatic heterocycles. The molecule has 0 heterocycles. The van der Waals surface area contributed by atoms with Crippen molar-refractivity contribution in [3.05, 3.63) is 0 Å². The molecule has 0 aromatic carbocycles. The van der Waals surface area contributed by atoms with Gasteiger partial charge in [0.05, 0.1) is 0 Å². The van der Waals surface area contributed by atoms with E-state index < -0.39 is 0 Å². The predicted molar refractivity (Wildman–Crippen MR) is 14.5 cm³/mol. The van der Waals surface area contributed by atoms with Crippen LogP contribution in [-0.2, 0) is 26.2 Å². The van der Waals surface area contributed by atoms with Crippen LogP contribution in [-0.4, -0.2) is 21.9 Å². The molecular weight excluding hydrogens is 155 g/mol. The van der Waals surface area contributed by atoms with Gasteiger partial charge in [0, 0.05) is 0 Å². The smallest absolute Gasteiger partial charge is 0.412 e. The Hall–Kier alpha value is 0.723. The van der Waals surface area contributed by atoms with Gasteiger partial charge < -0.3 is 21.9 Å². The van der Waals surface area contributed by atoms with Gasteiger partial charge >= 0.3 is 26.2 Å². The second kappa shape index (κ2) is 125. The van der Waals surface area contributed by atoms with Crippen LogP contribution >= 0.6 is 0 Å². The first-order chi connectivity index (χ1) is 0. The first kappa shape index (κ1) is 244. The van der Waals surface area contributed by atoms with E-state index in [2.05, 4.69) is 0 Å². The number of hydrogen-bond acceptors (Lipinski definition) is 0. The molecule has 0 bridgehead atoms. The van der Waals surface area contributed by atoms with Crippen molar-refractivity contribution in [2.75, 3.05) is 0 Å². The zero-order valence-electron chi connectivity index (χ0n) is 2.50. The largest absolute Gasteiger partial charge is 2.00 e. The van der Waals surface area contributed by atoms with Crippen molar-refractivity contribution in [2.24, 2.45) is 0 Å². The fourth-order valence-corrected chi connectivity index (χ4v) is 0. The van der Waals surface area contributed by atoms with Crippen LogP contribution in [0.25, 0.3) is 0 Å². The molecule has 0 saturated heterocycles. The van der Waals surface area contributed by atoms with Crippen LogP contribution < -0.4 is 0 Å². The van der Waals surface area contributed by atoms with Crippen molar-refractivity contribution in [3.8, 4) is 0 Å². The third-order valence-electron chi connectivity index (χ3n) is 0. The molecule has 34 valence electrons. The van der Waals surface area contributed by atoms with E-state index in [-0.39, 0.29) is 48.1 Å². The van der Waals surface area contributed by atoms with E-state index in [4.69, 9.17) is 0 Å². The summed E-state index contributed by atoms with van der Waals surface area (Å²) in [4.78, 5) is 0. The molecule has 5 heteroatoms. The quantitative estimate of drug-likeness (QED) is 0.354. The summed E-state index contributed by atoms with van der Waals surface area (Å²) in [5, 5.41) is 0. The Kier molecular flexibility index (Phi) is 6110. The van der Waals surface area contributed by atoms with E-state index >= 15 is 0 Å². The third-order valence-corrected chi connectivity index (χ3v) is 0. The van der Waals surface area contributed by atoms with Crippen LogP contribution in [0.15, 0.2) is 0 Å². The Morgan fingerprint density at radius 3 is 0.400 bits per heavy atom. The van der Waals surface area contributed by atoms with E-state index in [1.54, 1.807) is 0 Å². The minimum Gasteiger partial charge on any atom is -0.412 e. The molecular formula is H8O4Zr+2. The van der Waals surface area contributed by atoms with Gasteiger partial charge in [0.1, 0.15) is 0 Å². The normalized spacial score (nSPS) is 0. The van der Waals surface area contributed by atoms with Crippen LogP contribution in [0.5, 0.6) is 0 Å². The summed E-state index contributed by atoms with van der Waals surface area (Å²) >= 11 is 0. The topological polar surface area (TPSA) is 126 Å². The maximum absolute atomic E-state index is 0. The van der Waals surface area contributed by atoms with Gasteiger partial charge in [-0.3, -0.25) is 0 Å². The molecule has 0 atom stereocenters. The van der Waals surface area contributed by atoms with Crippen molar-refractivity contribution in [1.29, 1.82) is 0 Å². The maximum Gasteiger partial charge on any atom is 2.00 e. The minimum absolute atomic E-state index is 0. The minimum atomic E-state index is 0. The standard InChI is InChI=1S/4H2O.Zr/h4*1H2;/q;;;;+2. The molecule has 0 rings (SSSR count). The van der Waals surface area contributed by atoms with Gasteiger partial charge in [-0.2, -0.15) is 0 Å². The Morgan fingerprint density at radius 2 is 0.400 bits per heavy atom. The van der Waals surface area contributed by atoms with Gasteiger partial charge in [0.25, 0.3) is 0 Å². The molecule has 8 N–H and O–H groups in total. The molecule has 5 heavy (non-hydrogen) atoms. The second-order valence-electron chi connectivity index (χ2n) is 0. The maximum atomic E-state index is 0. The fourth-order valence-electron chi connectivity index (χ4n) is 0. The second-order valence-corrected chi connectivity index (χ2v) is 0. The molecule has 0 aromatic rings. The van der Waals surface area contributed by atoms with Crippen LogP contribution in [0.2, 0.25) is 0 Å². The number of hydrogen-bond donors (Lipinski definition) is 0. The summed E-state index contributed by atoms with van der Waals surface area (Å²) in [6, 6.07) is 0. The van der Waals surface area contributed by atoms with E-state index in [0.29, 0.717) is 0 Å². The summed E-state index contributed by atoms with van der Waals surface area (Å²) in [6.45, 7) is 0. The molecule has 0 fully saturated rings. The van der Waals surface area contributed by atoms with Gasteiger partial charge in [-0.25, -0.2) is 0 Å². The average molecular weight is 163 g/mol. The molecule has 4 nitrogen and oxygen atoms in total. The number of rotatable bonds is 0. The van der Waals surface area contributed by atoms with Crippen molar-refractivity contribution in [1.82, 2.24) is 0 Å². The van der Waals surface area contributed by atoms with Gasteiger partial charge in [-0.05, 0) is 0 Å². The molecule has 0 amide bonds. The van der Waals surface area contributed by atoms with E-state index in [1.165, 1.54) is 0 Å². The van der Waals surface area contributed by atoms with Crippen LogP contribution in [0.4, 0.5) is 0 Å². The molecule has 0 unspecified atom stereocenters. The van der Waals surface area contributed by atoms with E-state index in [0.717, 1.165) is 0 Å². The predicted octanol–water partition coefficient (Wildman–Crippen LogP) is -3.30. The van der Waals surface area contributed by atoms with Crippen molar-refractivity contribution in [2.45, 2.75) is 0 Å².